The lowest BCUT2D eigenvalue weighted by Crippen LogP contribution is -2.36. The molecular weight excluding hydrogens is 368 g/mol. The lowest BCUT2D eigenvalue weighted by molar-refractivity contribution is -0.105. The quantitative estimate of drug-likeness (QED) is 0.631. The van der Waals surface area contributed by atoms with Gasteiger partial charge in [0.25, 0.3) is 5.56 Å². The highest BCUT2D eigenvalue weighted by Crippen LogP contribution is 2.44. The second-order valence-electron chi connectivity index (χ2n) is 8.77. The van der Waals surface area contributed by atoms with Crippen molar-refractivity contribution in [2.45, 2.75) is 82.0 Å². The van der Waals surface area contributed by atoms with Crippen molar-refractivity contribution in [2.75, 3.05) is 6.61 Å². The van der Waals surface area contributed by atoms with E-state index in [1.165, 1.54) is 10.8 Å². The van der Waals surface area contributed by atoms with Gasteiger partial charge in [-0.1, -0.05) is 19.6 Å². The van der Waals surface area contributed by atoms with E-state index in [4.69, 9.17) is 9.47 Å². The number of aromatic amines is 1. The molecular formula is C18H30N2O6Si. The maximum atomic E-state index is 12.1. The number of nitrogens with zero attached hydrogens (tertiary/aromatic N) is 1. The smallest absolute Gasteiger partial charge is 0.330 e. The van der Waals surface area contributed by atoms with Crippen LogP contribution in [0.15, 0.2) is 15.8 Å². The van der Waals surface area contributed by atoms with Gasteiger partial charge in [0.15, 0.2) is 0 Å². The van der Waals surface area contributed by atoms with Crippen molar-refractivity contribution in [3.05, 3.63) is 32.6 Å². The van der Waals surface area contributed by atoms with E-state index in [0.717, 1.165) is 6.42 Å². The third-order valence-corrected chi connectivity index (χ3v) is 8.60. The van der Waals surface area contributed by atoms with Crippen LogP contribution in [0.1, 0.15) is 31.1 Å². The molecule has 1 aromatic rings. The van der Waals surface area contributed by atoms with Gasteiger partial charge in [-0.2, -0.15) is 0 Å². The fourth-order valence-corrected chi connectivity index (χ4v) is 6.58. The van der Waals surface area contributed by atoms with E-state index >= 15 is 0 Å². The summed E-state index contributed by atoms with van der Waals surface area (Å²) in [6.07, 6.45) is 0.876. The highest BCUT2D eigenvalue weighted by Gasteiger charge is 2.49. The predicted molar refractivity (Wildman–Crippen MR) is 103 cm³/mol. The number of H-pyrrole nitrogens is 1. The summed E-state index contributed by atoms with van der Waals surface area (Å²) in [5.74, 6) is 0. The van der Waals surface area contributed by atoms with E-state index < -0.39 is 37.8 Å². The molecule has 0 aromatic carbocycles. The Bertz CT molecular complexity index is 785. The zero-order valence-electron chi connectivity index (χ0n) is 16.3. The zero-order chi connectivity index (χ0) is 19.9. The van der Waals surface area contributed by atoms with Crippen molar-refractivity contribution in [2.24, 2.45) is 0 Å². The topological polar surface area (TPSA) is 114 Å². The number of nitrogens with one attached hydrogen (secondary N) is 1. The SMILES string of the molecule is Cc1cn([C@H]2C[C@H](O)[C@@H]([C@H]3C[C@@H]([Si](C)(C)C)[C@H](CCO)O3)O2)c(=O)[nH]c1=O. The fourth-order valence-electron chi connectivity index (χ4n) is 4.28. The van der Waals surface area contributed by atoms with Crippen molar-refractivity contribution in [1.29, 1.82) is 0 Å². The first kappa shape index (κ1) is 20.5. The fraction of sp³-hybridized carbons (Fsp3) is 0.778. The summed E-state index contributed by atoms with van der Waals surface area (Å²) in [7, 11) is -1.51. The Hall–Kier alpha value is -1.26. The molecule has 27 heavy (non-hydrogen) atoms. The molecule has 0 spiro atoms. The summed E-state index contributed by atoms with van der Waals surface area (Å²) in [4.78, 5) is 26.0. The second-order valence-corrected chi connectivity index (χ2v) is 14.2. The van der Waals surface area contributed by atoms with Crippen LogP contribution in [0.2, 0.25) is 25.2 Å². The van der Waals surface area contributed by atoms with Crippen LogP contribution in [0.3, 0.4) is 0 Å². The van der Waals surface area contributed by atoms with Crippen LogP contribution in [0, 0.1) is 6.92 Å². The average molecular weight is 399 g/mol. The molecule has 3 N–H and O–H groups in total. The summed E-state index contributed by atoms with van der Waals surface area (Å²) in [5.41, 5.74) is -0.179. The van der Waals surface area contributed by atoms with Crippen LogP contribution in [-0.2, 0) is 9.47 Å². The first-order valence-electron chi connectivity index (χ1n) is 9.53. The monoisotopic (exact) mass is 398 g/mol. The van der Waals surface area contributed by atoms with Gasteiger partial charge in [0.1, 0.15) is 12.3 Å². The average Bonchev–Trinajstić information content (AvgIpc) is 3.14. The highest BCUT2D eigenvalue weighted by atomic mass is 28.3. The minimum Gasteiger partial charge on any atom is -0.396 e. The van der Waals surface area contributed by atoms with Crippen molar-refractivity contribution >= 4 is 8.07 Å². The van der Waals surface area contributed by atoms with Gasteiger partial charge < -0.3 is 19.7 Å². The second kappa shape index (κ2) is 7.63. The molecule has 8 nitrogen and oxygen atoms in total. The van der Waals surface area contributed by atoms with Gasteiger partial charge in [-0.05, 0) is 25.3 Å². The third-order valence-electron chi connectivity index (χ3n) is 5.77. The lowest BCUT2D eigenvalue weighted by Gasteiger charge is -2.28. The number of aliphatic hydroxyl groups excluding tert-OH is 2. The Morgan fingerprint density at radius 3 is 2.59 bits per heavy atom. The minimum atomic E-state index is -1.51. The molecule has 0 amide bonds. The molecule has 0 bridgehead atoms. The molecule has 2 fully saturated rings. The third kappa shape index (κ3) is 4.12. The van der Waals surface area contributed by atoms with Gasteiger partial charge in [-0.3, -0.25) is 14.3 Å². The number of ether oxygens (including phenoxy) is 2. The van der Waals surface area contributed by atoms with Crippen molar-refractivity contribution in [3.63, 3.8) is 0 Å². The molecule has 2 aliphatic rings. The van der Waals surface area contributed by atoms with Crippen molar-refractivity contribution < 1.29 is 19.7 Å². The van der Waals surface area contributed by atoms with Gasteiger partial charge in [-0.25, -0.2) is 4.79 Å². The van der Waals surface area contributed by atoms with Crippen LogP contribution in [0.4, 0.5) is 0 Å². The Labute approximate surface area is 159 Å². The van der Waals surface area contributed by atoms with Crippen LogP contribution in [-0.4, -0.2) is 58.9 Å². The van der Waals surface area contributed by atoms with E-state index in [2.05, 4.69) is 24.6 Å². The molecule has 6 atom stereocenters. The normalized spacial score (nSPS) is 34.3. The van der Waals surface area contributed by atoms with E-state index in [-0.39, 0.29) is 25.2 Å². The lowest BCUT2D eigenvalue weighted by atomic mass is 10.0. The van der Waals surface area contributed by atoms with E-state index in [1.807, 2.05) is 0 Å². The minimum absolute atomic E-state index is 0.0282. The van der Waals surface area contributed by atoms with E-state index in [1.54, 1.807) is 6.92 Å². The van der Waals surface area contributed by atoms with Gasteiger partial charge in [0.2, 0.25) is 0 Å². The standard InChI is InChI=1S/C18H30N2O6Si/c1-10-9-20(18(24)19-17(10)23)15-7-11(22)16(26-15)13-8-14(27(2,3)4)12(25-13)5-6-21/h9,11-16,21-22H,5-8H2,1-4H3,(H,19,23,24)/t11-,12-,13+,14+,15+,16-/m0/s1. The maximum Gasteiger partial charge on any atom is 0.330 e. The molecule has 9 heteroatoms. The van der Waals surface area contributed by atoms with Gasteiger partial charge in [-0.15, -0.1) is 0 Å². The molecule has 0 radical (unpaired) electrons. The first-order chi connectivity index (χ1) is 12.6. The molecule has 2 saturated heterocycles. The molecule has 3 rings (SSSR count). The van der Waals surface area contributed by atoms with Crippen molar-refractivity contribution in [1.82, 2.24) is 9.55 Å². The van der Waals surface area contributed by atoms with Gasteiger partial charge >= 0.3 is 5.69 Å². The number of hydrogen-bond donors (Lipinski definition) is 3. The summed E-state index contributed by atoms with van der Waals surface area (Å²) in [6, 6.07) is 0. The van der Waals surface area contributed by atoms with Crippen LogP contribution < -0.4 is 11.2 Å². The number of aryl methyl sites for hydroxylation is 1. The van der Waals surface area contributed by atoms with Crippen LogP contribution in [0.5, 0.6) is 0 Å². The van der Waals surface area contributed by atoms with E-state index in [9.17, 15) is 19.8 Å². The molecule has 152 valence electrons. The number of hydrogen-bond acceptors (Lipinski definition) is 6. The Balaban J connectivity index is 1.78. The number of rotatable bonds is 5. The van der Waals surface area contributed by atoms with E-state index in [0.29, 0.717) is 17.5 Å². The summed E-state index contributed by atoms with van der Waals surface area (Å²) in [5, 5.41) is 19.9. The Kier molecular flexibility index (Phi) is 5.79. The van der Waals surface area contributed by atoms with Gasteiger partial charge in [0.05, 0.1) is 26.4 Å². The molecule has 2 aliphatic heterocycles. The van der Waals surface area contributed by atoms with Crippen LogP contribution >= 0.6 is 0 Å². The summed E-state index contributed by atoms with van der Waals surface area (Å²) in [6.45, 7) is 8.54. The number of aromatic nitrogens is 2. The van der Waals surface area contributed by atoms with Gasteiger partial charge in [0, 0.05) is 24.8 Å². The molecule has 0 aliphatic carbocycles. The maximum absolute atomic E-state index is 12.1. The van der Waals surface area contributed by atoms with Crippen molar-refractivity contribution in [3.8, 4) is 0 Å². The molecule has 1 aromatic heterocycles. The Morgan fingerprint density at radius 1 is 1.26 bits per heavy atom. The summed E-state index contributed by atoms with van der Waals surface area (Å²) >= 11 is 0. The first-order valence-corrected chi connectivity index (χ1v) is 13.1. The highest BCUT2D eigenvalue weighted by molar-refractivity contribution is 6.77. The zero-order valence-corrected chi connectivity index (χ0v) is 17.3. The van der Waals surface area contributed by atoms with Crippen LogP contribution in [0.25, 0.3) is 0 Å². The molecule has 0 saturated carbocycles. The summed E-state index contributed by atoms with van der Waals surface area (Å²) < 4.78 is 13.6. The Morgan fingerprint density at radius 2 is 1.96 bits per heavy atom. The molecule has 0 unspecified atom stereocenters. The number of aliphatic hydroxyl groups is 2. The molecule has 3 heterocycles. The largest absolute Gasteiger partial charge is 0.396 e. The predicted octanol–water partition coefficient (Wildman–Crippen LogP) is 0.742.